The lowest BCUT2D eigenvalue weighted by atomic mass is 10.3. The van der Waals surface area contributed by atoms with Crippen molar-refractivity contribution in [3.8, 4) is 23.0 Å². The number of hydrogen-bond acceptors (Lipinski definition) is 10. The molecular formula is C24H31NO10. The average Bonchev–Trinajstić information content (AvgIpc) is 2.86. The van der Waals surface area contributed by atoms with Crippen LogP contribution in [-0.4, -0.2) is 84.2 Å². The first-order valence-electron chi connectivity index (χ1n) is 11.4. The molecule has 1 heterocycles. The van der Waals surface area contributed by atoms with E-state index in [9.17, 15) is 10.1 Å². The van der Waals surface area contributed by atoms with Crippen LogP contribution in [0.4, 0.5) is 5.69 Å². The zero-order valence-corrected chi connectivity index (χ0v) is 19.6. The Morgan fingerprint density at radius 1 is 0.514 bits per heavy atom. The largest absolute Gasteiger partial charge is 0.487 e. The van der Waals surface area contributed by atoms with E-state index in [-0.39, 0.29) is 31.3 Å². The molecule has 1 aliphatic heterocycles. The topological polar surface area (TPSA) is 117 Å². The number of nitro benzene ring substituents is 1. The lowest BCUT2D eigenvalue weighted by Gasteiger charge is -2.14. The minimum atomic E-state index is -0.486. The van der Waals surface area contributed by atoms with E-state index in [1.807, 2.05) is 24.3 Å². The maximum atomic E-state index is 11.1. The van der Waals surface area contributed by atoms with E-state index < -0.39 is 4.92 Å². The van der Waals surface area contributed by atoms with E-state index in [4.69, 9.17) is 37.9 Å². The van der Waals surface area contributed by atoms with Crippen LogP contribution in [0.5, 0.6) is 23.0 Å². The first-order chi connectivity index (χ1) is 17.2. The van der Waals surface area contributed by atoms with Gasteiger partial charge in [0.25, 0.3) is 5.69 Å². The number of nitro groups is 1. The molecule has 11 nitrogen and oxygen atoms in total. The van der Waals surface area contributed by atoms with Crippen LogP contribution in [0.1, 0.15) is 0 Å². The van der Waals surface area contributed by atoms with Crippen molar-refractivity contribution in [2.75, 3.05) is 79.3 Å². The Hall–Kier alpha value is -3.12. The van der Waals surface area contributed by atoms with Gasteiger partial charge in [-0.3, -0.25) is 10.1 Å². The van der Waals surface area contributed by atoms with Crippen LogP contribution in [0, 0.1) is 10.1 Å². The molecule has 192 valence electrons. The van der Waals surface area contributed by atoms with E-state index in [0.717, 1.165) is 0 Å². The van der Waals surface area contributed by atoms with Gasteiger partial charge in [0.05, 0.1) is 63.8 Å². The molecular weight excluding hydrogens is 462 g/mol. The minimum absolute atomic E-state index is 0.0861. The number of fused-ring (bicyclic) bond motifs is 2. The molecule has 3 rings (SSSR count). The Kier molecular flexibility index (Phi) is 11.9. The third kappa shape index (κ3) is 9.95. The monoisotopic (exact) mass is 493 g/mol. The summed E-state index contributed by atoms with van der Waals surface area (Å²) < 4.78 is 44.9. The predicted octanol–water partition coefficient (Wildman–Crippen LogP) is 2.89. The normalized spacial score (nSPS) is 17.6. The summed E-state index contributed by atoms with van der Waals surface area (Å²) in [7, 11) is 0. The molecule has 0 atom stereocenters. The third-order valence-corrected chi connectivity index (χ3v) is 4.67. The molecule has 0 spiro atoms. The molecule has 0 saturated carbocycles. The molecule has 0 aromatic heterocycles. The molecule has 0 saturated heterocycles. The van der Waals surface area contributed by atoms with E-state index in [1.54, 1.807) is 0 Å². The van der Waals surface area contributed by atoms with Crippen molar-refractivity contribution < 1.29 is 42.8 Å². The second-order valence-electron chi connectivity index (χ2n) is 7.18. The highest BCUT2D eigenvalue weighted by atomic mass is 16.6. The summed E-state index contributed by atoms with van der Waals surface area (Å²) in [5.74, 6) is 1.95. The van der Waals surface area contributed by atoms with Gasteiger partial charge in [0, 0.05) is 6.07 Å². The van der Waals surface area contributed by atoms with Gasteiger partial charge in [-0.25, -0.2) is 0 Å². The van der Waals surface area contributed by atoms with Crippen molar-refractivity contribution in [2.24, 2.45) is 0 Å². The Bertz CT molecular complexity index is 894. The fraction of sp³-hybridized carbons (Fsp3) is 0.500. The van der Waals surface area contributed by atoms with Crippen molar-refractivity contribution in [2.45, 2.75) is 0 Å². The van der Waals surface area contributed by atoms with Gasteiger partial charge in [-0.2, -0.15) is 0 Å². The first kappa shape index (κ1) is 26.5. The number of hydrogen-bond donors (Lipinski definition) is 0. The summed E-state index contributed by atoms with van der Waals surface area (Å²) >= 11 is 0. The molecule has 0 unspecified atom stereocenters. The van der Waals surface area contributed by atoms with E-state index in [2.05, 4.69) is 0 Å². The van der Waals surface area contributed by atoms with Crippen molar-refractivity contribution >= 4 is 5.69 Å². The van der Waals surface area contributed by atoms with Crippen LogP contribution >= 0.6 is 0 Å². The quantitative estimate of drug-likeness (QED) is 0.434. The highest BCUT2D eigenvalue weighted by Gasteiger charge is 2.13. The SMILES string of the molecule is O=[N+]([O-])c1ccc2c(c1)OCCOCCOCCOc1ccccc1OCCOCCOCCO2. The van der Waals surface area contributed by atoms with Gasteiger partial charge in [0.15, 0.2) is 23.0 Å². The van der Waals surface area contributed by atoms with Crippen LogP contribution in [-0.2, 0) is 18.9 Å². The van der Waals surface area contributed by atoms with Gasteiger partial charge in [-0.05, 0) is 18.2 Å². The van der Waals surface area contributed by atoms with Crippen LogP contribution in [0.15, 0.2) is 42.5 Å². The minimum Gasteiger partial charge on any atom is -0.487 e. The number of ether oxygens (including phenoxy) is 8. The fourth-order valence-electron chi connectivity index (χ4n) is 3.02. The van der Waals surface area contributed by atoms with E-state index >= 15 is 0 Å². The van der Waals surface area contributed by atoms with Gasteiger partial charge in [0.2, 0.25) is 0 Å². The molecule has 0 radical (unpaired) electrons. The van der Waals surface area contributed by atoms with Crippen molar-refractivity contribution in [3.05, 3.63) is 52.6 Å². The number of para-hydroxylation sites is 2. The zero-order valence-electron chi connectivity index (χ0n) is 19.6. The molecule has 11 heteroatoms. The summed E-state index contributed by atoms with van der Waals surface area (Å²) in [4.78, 5) is 10.6. The second-order valence-corrected chi connectivity index (χ2v) is 7.18. The molecule has 0 amide bonds. The molecule has 35 heavy (non-hydrogen) atoms. The Balaban J connectivity index is 1.50. The van der Waals surface area contributed by atoms with Gasteiger partial charge in [-0.15, -0.1) is 0 Å². The summed E-state index contributed by atoms with van der Waals surface area (Å²) in [5.41, 5.74) is -0.0861. The molecule has 0 aliphatic carbocycles. The van der Waals surface area contributed by atoms with Gasteiger partial charge < -0.3 is 37.9 Å². The van der Waals surface area contributed by atoms with E-state index in [0.29, 0.717) is 76.7 Å². The van der Waals surface area contributed by atoms with Crippen molar-refractivity contribution in [3.63, 3.8) is 0 Å². The lowest BCUT2D eigenvalue weighted by molar-refractivity contribution is -0.385. The van der Waals surface area contributed by atoms with E-state index in [1.165, 1.54) is 18.2 Å². The third-order valence-electron chi connectivity index (χ3n) is 4.67. The number of rotatable bonds is 1. The Labute approximate surface area is 203 Å². The average molecular weight is 494 g/mol. The molecule has 0 fully saturated rings. The number of nitrogens with zero attached hydrogens (tertiary/aromatic N) is 1. The lowest BCUT2D eigenvalue weighted by Crippen LogP contribution is -2.15. The van der Waals surface area contributed by atoms with Gasteiger partial charge in [-0.1, -0.05) is 12.1 Å². The van der Waals surface area contributed by atoms with Crippen LogP contribution in [0.2, 0.25) is 0 Å². The number of non-ortho nitro benzene ring substituents is 1. The zero-order chi connectivity index (χ0) is 24.6. The fourth-order valence-corrected chi connectivity index (χ4v) is 3.02. The highest BCUT2D eigenvalue weighted by Crippen LogP contribution is 2.31. The number of benzene rings is 2. The predicted molar refractivity (Wildman–Crippen MR) is 125 cm³/mol. The first-order valence-corrected chi connectivity index (χ1v) is 11.4. The summed E-state index contributed by atoms with van der Waals surface area (Å²) in [6.07, 6.45) is 0. The van der Waals surface area contributed by atoms with Crippen molar-refractivity contribution in [1.29, 1.82) is 0 Å². The Morgan fingerprint density at radius 3 is 1.31 bits per heavy atom. The van der Waals surface area contributed by atoms with Crippen LogP contribution < -0.4 is 18.9 Å². The molecule has 2 aromatic carbocycles. The smallest absolute Gasteiger partial charge is 0.273 e. The second kappa shape index (κ2) is 15.7. The van der Waals surface area contributed by atoms with Crippen molar-refractivity contribution in [1.82, 2.24) is 0 Å². The Morgan fingerprint density at radius 2 is 0.886 bits per heavy atom. The van der Waals surface area contributed by atoms with Gasteiger partial charge >= 0.3 is 0 Å². The maximum Gasteiger partial charge on any atom is 0.273 e. The molecule has 0 bridgehead atoms. The molecule has 1 aliphatic rings. The highest BCUT2D eigenvalue weighted by molar-refractivity contribution is 5.48. The summed E-state index contributed by atoms with van der Waals surface area (Å²) in [5, 5.41) is 11.1. The maximum absolute atomic E-state index is 11.1. The summed E-state index contributed by atoms with van der Waals surface area (Å²) in [6.45, 7) is 4.17. The molecule has 0 N–H and O–H groups in total. The van der Waals surface area contributed by atoms with Crippen LogP contribution in [0.3, 0.4) is 0 Å². The standard InChI is InChI=1S/C24H31NO10/c26-25(27)20-5-6-23-24(19-20)35-18-14-31-10-9-29-12-16-33-22-4-2-1-3-21(22)32-15-11-28-7-8-30-13-17-34-23/h1-6,19H,7-18H2. The van der Waals surface area contributed by atoms with Crippen LogP contribution in [0.25, 0.3) is 0 Å². The summed E-state index contributed by atoms with van der Waals surface area (Å²) in [6, 6.07) is 11.6. The molecule has 2 aromatic rings. The van der Waals surface area contributed by atoms with Gasteiger partial charge in [0.1, 0.15) is 26.4 Å².